The summed E-state index contributed by atoms with van der Waals surface area (Å²) in [7, 11) is 0. The van der Waals surface area contributed by atoms with Crippen molar-refractivity contribution in [1.82, 2.24) is 0 Å². The second kappa shape index (κ2) is 4.39. The van der Waals surface area contributed by atoms with Gasteiger partial charge in [0.2, 0.25) is 0 Å². The van der Waals surface area contributed by atoms with Crippen molar-refractivity contribution >= 4 is 17.6 Å². The van der Waals surface area contributed by atoms with Gasteiger partial charge in [-0.05, 0) is 12.8 Å². The van der Waals surface area contributed by atoms with Crippen LogP contribution in [0, 0.1) is 0 Å². The molecular weight excluding hydrogens is 140 g/mol. The van der Waals surface area contributed by atoms with Gasteiger partial charge in [0.05, 0.1) is 0 Å². The minimum atomic E-state index is -0.784. The highest BCUT2D eigenvalue weighted by molar-refractivity contribution is 6.29. The fraction of sp³-hybridized carbons (Fsp3) is 0.500. The zero-order valence-corrected chi connectivity index (χ0v) is 5.82. The van der Waals surface area contributed by atoms with Crippen LogP contribution in [0.1, 0.15) is 19.3 Å². The molecule has 9 heavy (non-hydrogen) atoms. The standard InChI is InChI=1S/C6H9ClO2/c1-5(7)3-2-4-6(8)9/h1-4H2,(H,8,9). The molecule has 0 fully saturated rings. The van der Waals surface area contributed by atoms with Crippen molar-refractivity contribution in [2.45, 2.75) is 19.3 Å². The minimum Gasteiger partial charge on any atom is -0.481 e. The highest BCUT2D eigenvalue weighted by atomic mass is 35.5. The predicted octanol–water partition coefficient (Wildman–Crippen LogP) is 1.99. The molecule has 0 aromatic heterocycles. The maximum Gasteiger partial charge on any atom is 0.303 e. The van der Waals surface area contributed by atoms with E-state index in [9.17, 15) is 4.79 Å². The summed E-state index contributed by atoms with van der Waals surface area (Å²) in [5.74, 6) is -0.784. The zero-order valence-electron chi connectivity index (χ0n) is 5.06. The molecule has 0 saturated heterocycles. The number of carbonyl (C=O) groups is 1. The molecule has 2 nitrogen and oxygen atoms in total. The van der Waals surface area contributed by atoms with Crippen LogP contribution in [-0.2, 0) is 4.79 Å². The number of halogens is 1. The Kier molecular flexibility index (Phi) is 4.14. The van der Waals surface area contributed by atoms with Gasteiger partial charge in [-0.1, -0.05) is 18.2 Å². The summed E-state index contributed by atoms with van der Waals surface area (Å²) in [4.78, 5) is 9.91. The van der Waals surface area contributed by atoms with Gasteiger partial charge in [0, 0.05) is 11.5 Å². The highest BCUT2D eigenvalue weighted by Gasteiger charge is 1.95. The molecule has 0 aliphatic rings. The van der Waals surface area contributed by atoms with Gasteiger partial charge in [0.25, 0.3) is 0 Å². The van der Waals surface area contributed by atoms with Crippen molar-refractivity contribution < 1.29 is 9.90 Å². The normalized spacial score (nSPS) is 9.00. The number of hydrogen-bond acceptors (Lipinski definition) is 1. The van der Waals surface area contributed by atoms with Crippen molar-refractivity contribution in [1.29, 1.82) is 0 Å². The van der Waals surface area contributed by atoms with Gasteiger partial charge in [-0.25, -0.2) is 0 Å². The molecule has 0 saturated carbocycles. The van der Waals surface area contributed by atoms with Gasteiger partial charge in [-0.3, -0.25) is 4.79 Å². The van der Waals surface area contributed by atoms with Gasteiger partial charge >= 0.3 is 5.97 Å². The molecule has 0 aromatic carbocycles. The predicted molar refractivity (Wildman–Crippen MR) is 36.5 cm³/mol. The van der Waals surface area contributed by atoms with Crippen molar-refractivity contribution in [2.75, 3.05) is 0 Å². The summed E-state index contributed by atoms with van der Waals surface area (Å²) in [6.07, 6.45) is 1.34. The Hall–Kier alpha value is -0.500. The molecule has 0 aliphatic heterocycles. The summed E-state index contributed by atoms with van der Waals surface area (Å²) in [6.45, 7) is 3.42. The number of carboxylic acid groups (broad SMARTS) is 1. The molecular formula is C6H9ClO2. The first kappa shape index (κ1) is 8.50. The van der Waals surface area contributed by atoms with Crippen LogP contribution in [0.25, 0.3) is 0 Å². The van der Waals surface area contributed by atoms with Crippen LogP contribution in [0.15, 0.2) is 11.6 Å². The number of allylic oxidation sites excluding steroid dienone is 1. The SMILES string of the molecule is C=C(Cl)CCCC(=O)O. The minimum absolute atomic E-state index is 0.172. The molecule has 1 N–H and O–H groups in total. The van der Waals surface area contributed by atoms with E-state index in [1.165, 1.54) is 0 Å². The summed E-state index contributed by atoms with van der Waals surface area (Å²) in [5, 5.41) is 8.68. The second-order valence-corrected chi connectivity index (χ2v) is 2.30. The molecule has 0 unspecified atom stereocenters. The molecule has 0 aromatic rings. The van der Waals surface area contributed by atoms with Gasteiger partial charge in [-0.15, -0.1) is 0 Å². The summed E-state index contributed by atoms with van der Waals surface area (Å²) >= 11 is 5.37. The summed E-state index contributed by atoms with van der Waals surface area (Å²) in [5.41, 5.74) is 0. The molecule has 0 radical (unpaired) electrons. The number of hydrogen-bond donors (Lipinski definition) is 1. The van der Waals surface area contributed by atoms with E-state index in [4.69, 9.17) is 16.7 Å². The molecule has 0 bridgehead atoms. The molecule has 0 spiro atoms. The maximum atomic E-state index is 9.91. The molecule has 0 aliphatic carbocycles. The quantitative estimate of drug-likeness (QED) is 0.662. The van der Waals surface area contributed by atoms with E-state index in [2.05, 4.69) is 6.58 Å². The Balaban J connectivity index is 3.10. The molecule has 3 heteroatoms. The summed E-state index contributed by atoms with van der Waals surface area (Å²) < 4.78 is 0. The van der Waals surface area contributed by atoms with Crippen molar-refractivity contribution in [3.8, 4) is 0 Å². The Labute approximate surface area is 59.1 Å². The Morgan fingerprint density at radius 2 is 2.11 bits per heavy atom. The summed E-state index contributed by atoms with van der Waals surface area (Å²) in [6, 6.07) is 0. The molecule has 0 heterocycles. The monoisotopic (exact) mass is 148 g/mol. The number of carboxylic acids is 1. The van der Waals surface area contributed by atoms with Crippen molar-refractivity contribution in [2.24, 2.45) is 0 Å². The lowest BCUT2D eigenvalue weighted by Gasteiger charge is -1.92. The molecule has 0 rings (SSSR count). The van der Waals surface area contributed by atoms with Crippen LogP contribution in [0.2, 0.25) is 0 Å². The highest BCUT2D eigenvalue weighted by Crippen LogP contribution is 2.07. The average molecular weight is 149 g/mol. The van der Waals surface area contributed by atoms with E-state index in [1.54, 1.807) is 0 Å². The number of rotatable bonds is 4. The van der Waals surface area contributed by atoms with Gasteiger partial charge in [0.1, 0.15) is 0 Å². The zero-order chi connectivity index (χ0) is 7.28. The maximum absolute atomic E-state index is 9.91. The lowest BCUT2D eigenvalue weighted by atomic mass is 10.2. The van der Waals surface area contributed by atoms with Crippen LogP contribution in [0.5, 0.6) is 0 Å². The fourth-order valence-corrected chi connectivity index (χ4v) is 0.565. The van der Waals surface area contributed by atoms with Crippen LogP contribution >= 0.6 is 11.6 Å². The van der Waals surface area contributed by atoms with Gasteiger partial charge < -0.3 is 5.11 Å². The Morgan fingerprint density at radius 1 is 1.56 bits per heavy atom. The largest absolute Gasteiger partial charge is 0.481 e. The van der Waals surface area contributed by atoms with Gasteiger partial charge in [0.15, 0.2) is 0 Å². The van der Waals surface area contributed by atoms with Gasteiger partial charge in [-0.2, -0.15) is 0 Å². The van der Waals surface area contributed by atoms with Crippen molar-refractivity contribution in [3.05, 3.63) is 11.6 Å². The Bertz CT molecular complexity index is 106. The number of aliphatic carboxylic acids is 1. The first-order chi connectivity index (χ1) is 4.13. The third-order valence-electron chi connectivity index (χ3n) is 0.839. The molecule has 0 amide bonds. The third kappa shape index (κ3) is 7.50. The smallest absolute Gasteiger partial charge is 0.303 e. The topological polar surface area (TPSA) is 37.3 Å². The molecule has 0 atom stereocenters. The van der Waals surface area contributed by atoms with Crippen molar-refractivity contribution in [3.63, 3.8) is 0 Å². The van der Waals surface area contributed by atoms with E-state index in [-0.39, 0.29) is 6.42 Å². The van der Waals surface area contributed by atoms with Crippen LogP contribution in [-0.4, -0.2) is 11.1 Å². The lowest BCUT2D eigenvalue weighted by molar-refractivity contribution is -0.137. The van der Waals surface area contributed by atoms with E-state index in [1.807, 2.05) is 0 Å². The first-order valence-corrected chi connectivity index (χ1v) is 3.06. The third-order valence-corrected chi connectivity index (χ3v) is 1.03. The van der Waals surface area contributed by atoms with E-state index < -0.39 is 5.97 Å². The van der Waals surface area contributed by atoms with E-state index in [0.29, 0.717) is 17.9 Å². The van der Waals surface area contributed by atoms with Crippen LogP contribution in [0.4, 0.5) is 0 Å². The van der Waals surface area contributed by atoms with E-state index >= 15 is 0 Å². The lowest BCUT2D eigenvalue weighted by Crippen LogP contribution is -1.92. The first-order valence-electron chi connectivity index (χ1n) is 2.68. The fourth-order valence-electron chi connectivity index (χ4n) is 0.431. The average Bonchev–Trinajstić information content (AvgIpc) is 1.63. The van der Waals surface area contributed by atoms with Crippen LogP contribution < -0.4 is 0 Å². The Morgan fingerprint density at radius 3 is 2.44 bits per heavy atom. The van der Waals surface area contributed by atoms with E-state index in [0.717, 1.165) is 0 Å². The second-order valence-electron chi connectivity index (χ2n) is 1.76. The molecule has 52 valence electrons. The van der Waals surface area contributed by atoms with Crippen LogP contribution in [0.3, 0.4) is 0 Å².